The number of anilines is 2. The first-order valence-electron chi connectivity index (χ1n) is 6.79. The number of sulfonamides is 1. The first-order valence-corrected chi connectivity index (χ1v) is 9.16. The number of amides is 1. The van der Waals surface area contributed by atoms with Crippen molar-refractivity contribution in [3.63, 3.8) is 0 Å². The molecular weight excluding hydrogens is 350 g/mol. The highest BCUT2D eigenvalue weighted by Crippen LogP contribution is 2.23. The Kier molecular flexibility index (Phi) is 4.42. The van der Waals surface area contributed by atoms with Crippen LogP contribution in [0.4, 0.5) is 11.5 Å². The molecule has 0 spiro atoms. The van der Waals surface area contributed by atoms with E-state index in [-0.39, 0.29) is 10.8 Å². The topological polar surface area (TPSA) is 113 Å². The Bertz CT molecular complexity index is 983. The molecule has 0 aliphatic carbocycles. The van der Waals surface area contributed by atoms with Crippen LogP contribution in [0.1, 0.15) is 6.92 Å². The number of carbonyl (C=O) groups excluding carboxylic acids is 1. The van der Waals surface area contributed by atoms with Crippen molar-refractivity contribution in [2.75, 3.05) is 10.7 Å². The first-order chi connectivity index (χ1) is 11.5. The summed E-state index contributed by atoms with van der Waals surface area (Å²) in [5, 5.41) is 5.15. The second-order valence-corrected chi connectivity index (χ2v) is 7.37. The lowest BCUT2D eigenvalue weighted by atomic mass is 10.3. The summed E-state index contributed by atoms with van der Waals surface area (Å²) >= 11 is 1.43. The van der Waals surface area contributed by atoms with E-state index in [4.69, 9.17) is 0 Å². The Morgan fingerprint density at radius 2 is 1.88 bits per heavy atom. The van der Waals surface area contributed by atoms with Gasteiger partial charge in [0, 0.05) is 12.6 Å². The number of benzene rings is 1. The van der Waals surface area contributed by atoms with Crippen molar-refractivity contribution in [3.05, 3.63) is 42.0 Å². The summed E-state index contributed by atoms with van der Waals surface area (Å²) in [5.74, 6) is 0.147. The van der Waals surface area contributed by atoms with Crippen molar-refractivity contribution in [2.45, 2.75) is 11.8 Å². The van der Waals surface area contributed by atoms with Crippen molar-refractivity contribution < 1.29 is 13.2 Å². The van der Waals surface area contributed by atoms with Gasteiger partial charge < -0.3 is 5.32 Å². The average molecular weight is 363 g/mol. The monoisotopic (exact) mass is 363 g/mol. The molecule has 0 saturated carbocycles. The zero-order valence-electron chi connectivity index (χ0n) is 12.5. The molecule has 1 aromatic carbocycles. The highest BCUT2D eigenvalue weighted by molar-refractivity contribution is 7.89. The summed E-state index contributed by atoms with van der Waals surface area (Å²) in [6.45, 7) is 1.38. The number of nitrogens with one attached hydrogen (secondary N) is 3. The molecule has 3 rings (SSSR count). The minimum absolute atomic E-state index is 0.0553. The molecule has 0 aliphatic rings. The SMILES string of the molecule is CC(=O)Nc1ccc(S(=O)(=O)NNc2ncnc3sccc23)cc1. The van der Waals surface area contributed by atoms with Crippen LogP contribution in [0.3, 0.4) is 0 Å². The molecule has 0 atom stereocenters. The number of carbonyl (C=O) groups is 1. The lowest BCUT2D eigenvalue weighted by Gasteiger charge is -2.10. The van der Waals surface area contributed by atoms with Gasteiger partial charge in [-0.25, -0.2) is 18.4 Å². The minimum atomic E-state index is -3.79. The number of hydrazine groups is 1. The van der Waals surface area contributed by atoms with Gasteiger partial charge in [0.05, 0.1) is 10.3 Å². The van der Waals surface area contributed by atoms with E-state index < -0.39 is 10.0 Å². The van der Waals surface area contributed by atoms with Crippen molar-refractivity contribution in [1.29, 1.82) is 0 Å². The average Bonchev–Trinajstić information content (AvgIpc) is 3.02. The maximum Gasteiger partial charge on any atom is 0.257 e. The van der Waals surface area contributed by atoms with E-state index in [9.17, 15) is 13.2 Å². The van der Waals surface area contributed by atoms with Crippen LogP contribution in [0, 0.1) is 0 Å². The Balaban J connectivity index is 1.76. The molecule has 10 heteroatoms. The predicted molar refractivity (Wildman–Crippen MR) is 92.1 cm³/mol. The molecule has 0 unspecified atom stereocenters. The van der Waals surface area contributed by atoms with Crippen LogP contribution in [0.2, 0.25) is 0 Å². The largest absolute Gasteiger partial charge is 0.326 e. The van der Waals surface area contributed by atoms with E-state index >= 15 is 0 Å². The number of fused-ring (bicyclic) bond motifs is 1. The Morgan fingerprint density at radius 1 is 1.12 bits per heavy atom. The molecule has 3 aromatic rings. The predicted octanol–water partition coefficient (Wildman–Crippen LogP) is 1.96. The summed E-state index contributed by atoms with van der Waals surface area (Å²) < 4.78 is 24.6. The van der Waals surface area contributed by atoms with Gasteiger partial charge >= 0.3 is 0 Å². The molecule has 0 fully saturated rings. The smallest absolute Gasteiger partial charge is 0.257 e. The molecule has 24 heavy (non-hydrogen) atoms. The minimum Gasteiger partial charge on any atom is -0.326 e. The molecule has 0 bridgehead atoms. The molecule has 124 valence electrons. The number of nitrogens with zero attached hydrogens (tertiary/aromatic N) is 2. The molecule has 2 aromatic heterocycles. The maximum absolute atomic E-state index is 12.3. The molecule has 2 heterocycles. The van der Waals surface area contributed by atoms with E-state index in [1.165, 1.54) is 48.9 Å². The van der Waals surface area contributed by atoms with Gasteiger partial charge in [-0.2, -0.15) is 0 Å². The fraction of sp³-hybridized carbons (Fsp3) is 0.0714. The second-order valence-electron chi connectivity index (χ2n) is 4.80. The molecule has 3 N–H and O–H groups in total. The van der Waals surface area contributed by atoms with Crippen molar-refractivity contribution in [1.82, 2.24) is 14.8 Å². The van der Waals surface area contributed by atoms with E-state index in [0.29, 0.717) is 11.5 Å². The van der Waals surface area contributed by atoms with Crippen LogP contribution in [0.25, 0.3) is 10.2 Å². The standard InChI is InChI=1S/C14H13N5O3S2/c1-9(20)17-10-2-4-11(5-3-10)24(21,22)19-18-13-12-6-7-23-14(12)16-8-15-13/h2-8,19H,1H3,(H,17,20)(H,15,16,18). The summed E-state index contributed by atoms with van der Waals surface area (Å²) in [6, 6.07) is 7.62. The fourth-order valence-corrected chi connectivity index (χ4v) is 3.56. The van der Waals surface area contributed by atoms with Gasteiger partial charge in [-0.3, -0.25) is 10.2 Å². The third-order valence-corrected chi connectivity index (χ3v) is 5.13. The molecule has 1 amide bonds. The summed E-state index contributed by atoms with van der Waals surface area (Å²) in [5.41, 5.74) is 3.13. The number of aromatic nitrogens is 2. The molecule has 0 aliphatic heterocycles. The summed E-state index contributed by atoms with van der Waals surface area (Å²) in [4.78, 5) is 22.2. The second kappa shape index (κ2) is 6.51. The third kappa shape index (κ3) is 3.50. The highest BCUT2D eigenvalue weighted by atomic mass is 32.2. The van der Waals surface area contributed by atoms with Crippen LogP contribution in [0.15, 0.2) is 46.9 Å². The molecule has 0 saturated heterocycles. The number of rotatable bonds is 5. The number of hydrogen-bond donors (Lipinski definition) is 3. The van der Waals surface area contributed by atoms with Gasteiger partial charge in [0.1, 0.15) is 11.2 Å². The van der Waals surface area contributed by atoms with E-state index in [0.717, 1.165) is 10.2 Å². The van der Waals surface area contributed by atoms with E-state index in [2.05, 4.69) is 25.5 Å². The quantitative estimate of drug-likeness (QED) is 0.597. The molecule has 8 nitrogen and oxygen atoms in total. The van der Waals surface area contributed by atoms with Gasteiger partial charge in [-0.1, -0.05) is 0 Å². The number of thiophene rings is 1. The Labute approximate surface area is 142 Å². The van der Waals surface area contributed by atoms with Crippen molar-refractivity contribution in [3.8, 4) is 0 Å². The van der Waals surface area contributed by atoms with Gasteiger partial charge in [0.25, 0.3) is 10.0 Å². The highest BCUT2D eigenvalue weighted by Gasteiger charge is 2.15. The van der Waals surface area contributed by atoms with Crippen molar-refractivity contribution >= 4 is 49.0 Å². The lowest BCUT2D eigenvalue weighted by molar-refractivity contribution is -0.114. The first kappa shape index (κ1) is 16.3. The zero-order valence-corrected chi connectivity index (χ0v) is 14.1. The maximum atomic E-state index is 12.3. The van der Waals surface area contributed by atoms with Gasteiger partial charge in [-0.15, -0.1) is 16.2 Å². The van der Waals surface area contributed by atoms with Crippen molar-refractivity contribution in [2.24, 2.45) is 0 Å². The van der Waals surface area contributed by atoms with Crippen LogP contribution in [0.5, 0.6) is 0 Å². The normalized spacial score (nSPS) is 11.4. The fourth-order valence-electron chi connectivity index (χ4n) is 1.98. The molecular formula is C14H13N5O3S2. The summed E-state index contributed by atoms with van der Waals surface area (Å²) in [6.07, 6.45) is 1.36. The Hall–Kier alpha value is -2.56. The van der Waals surface area contributed by atoms with Crippen LogP contribution >= 0.6 is 11.3 Å². The third-order valence-electron chi connectivity index (χ3n) is 3.05. The van der Waals surface area contributed by atoms with E-state index in [1.807, 2.05) is 5.38 Å². The van der Waals surface area contributed by atoms with Gasteiger partial charge in [0.2, 0.25) is 5.91 Å². The van der Waals surface area contributed by atoms with E-state index in [1.54, 1.807) is 6.07 Å². The Morgan fingerprint density at radius 3 is 2.58 bits per heavy atom. The van der Waals surface area contributed by atoms with Crippen LogP contribution < -0.4 is 15.6 Å². The van der Waals surface area contributed by atoms with Gasteiger partial charge in [0.15, 0.2) is 5.82 Å². The van der Waals surface area contributed by atoms with Crippen LogP contribution in [-0.2, 0) is 14.8 Å². The zero-order chi connectivity index (χ0) is 17.2. The molecule has 0 radical (unpaired) electrons. The van der Waals surface area contributed by atoms with Crippen LogP contribution in [-0.4, -0.2) is 24.3 Å². The van der Waals surface area contributed by atoms with Gasteiger partial charge in [-0.05, 0) is 35.7 Å². The summed E-state index contributed by atoms with van der Waals surface area (Å²) in [7, 11) is -3.79. The lowest BCUT2D eigenvalue weighted by Crippen LogP contribution is -2.30. The number of hydrogen-bond acceptors (Lipinski definition) is 7.